The summed E-state index contributed by atoms with van der Waals surface area (Å²) in [5.41, 5.74) is 2.12. The molecule has 1 aromatic carbocycles. The van der Waals surface area contributed by atoms with Crippen LogP contribution in [0.4, 0.5) is 0 Å². The molecule has 1 aliphatic heterocycles. The van der Waals surface area contributed by atoms with Crippen LogP contribution < -0.4 is 0 Å². The molecule has 2 heterocycles. The van der Waals surface area contributed by atoms with E-state index in [1.165, 1.54) is 0 Å². The molecule has 2 aliphatic rings. The average Bonchev–Trinajstić information content (AvgIpc) is 3.36. The zero-order chi connectivity index (χ0) is 17.2. The molecule has 5 nitrogen and oxygen atoms in total. The Hall–Kier alpha value is -2.56. The molecule has 1 saturated heterocycles. The SMILES string of the molecule is O=C(Cc1ccc(-n2cccc2)cc1)N1CCN(C(=O)C2CC2)CC1. The van der Waals surface area contributed by atoms with Gasteiger partial charge in [-0.25, -0.2) is 0 Å². The third kappa shape index (κ3) is 3.60. The van der Waals surface area contributed by atoms with Crippen LogP contribution in [0.2, 0.25) is 0 Å². The van der Waals surface area contributed by atoms with Crippen LogP contribution in [-0.2, 0) is 16.0 Å². The van der Waals surface area contributed by atoms with Crippen molar-refractivity contribution in [3.8, 4) is 5.69 Å². The summed E-state index contributed by atoms with van der Waals surface area (Å²) in [5.74, 6) is 0.695. The summed E-state index contributed by atoms with van der Waals surface area (Å²) >= 11 is 0. The second-order valence-electron chi connectivity index (χ2n) is 6.91. The molecule has 0 bridgehead atoms. The maximum atomic E-state index is 12.5. The lowest BCUT2D eigenvalue weighted by Gasteiger charge is -2.35. The number of amides is 2. The van der Waals surface area contributed by atoms with E-state index >= 15 is 0 Å². The van der Waals surface area contributed by atoms with Gasteiger partial charge in [-0.05, 0) is 42.7 Å². The van der Waals surface area contributed by atoms with Gasteiger partial charge >= 0.3 is 0 Å². The van der Waals surface area contributed by atoms with Crippen LogP contribution in [0.5, 0.6) is 0 Å². The van der Waals surface area contributed by atoms with Gasteiger partial charge in [0.05, 0.1) is 6.42 Å². The Balaban J connectivity index is 1.31. The van der Waals surface area contributed by atoms with Gasteiger partial charge in [0, 0.05) is 50.2 Å². The Bertz CT molecular complexity index is 740. The van der Waals surface area contributed by atoms with Crippen molar-refractivity contribution >= 4 is 11.8 Å². The predicted octanol–water partition coefficient (Wildman–Crippen LogP) is 2.10. The number of hydrogen-bond acceptors (Lipinski definition) is 2. The average molecular weight is 337 g/mol. The van der Waals surface area contributed by atoms with Crippen molar-refractivity contribution in [1.29, 1.82) is 0 Å². The second-order valence-corrected chi connectivity index (χ2v) is 6.91. The number of carbonyl (C=O) groups is 2. The minimum Gasteiger partial charge on any atom is -0.339 e. The predicted molar refractivity (Wildman–Crippen MR) is 95.4 cm³/mol. The molecule has 25 heavy (non-hydrogen) atoms. The molecule has 2 amide bonds. The molecule has 130 valence electrons. The molecule has 0 N–H and O–H groups in total. The van der Waals surface area contributed by atoms with E-state index in [1.54, 1.807) is 0 Å². The van der Waals surface area contributed by atoms with Gasteiger partial charge in [0.1, 0.15) is 0 Å². The van der Waals surface area contributed by atoms with Crippen molar-refractivity contribution in [1.82, 2.24) is 14.4 Å². The van der Waals surface area contributed by atoms with Crippen molar-refractivity contribution in [2.45, 2.75) is 19.3 Å². The summed E-state index contributed by atoms with van der Waals surface area (Å²) in [6, 6.07) is 12.1. The highest BCUT2D eigenvalue weighted by atomic mass is 16.2. The lowest BCUT2D eigenvalue weighted by molar-refractivity contribution is -0.140. The molecule has 1 aliphatic carbocycles. The van der Waals surface area contributed by atoms with Gasteiger partial charge in [-0.2, -0.15) is 0 Å². The monoisotopic (exact) mass is 337 g/mol. The van der Waals surface area contributed by atoms with E-state index in [0.717, 1.165) is 24.1 Å². The van der Waals surface area contributed by atoms with E-state index < -0.39 is 0 Å². The number of piperazine rings is 1. The summed E-state index contributed by atoms with van der Waals surface area (Å²) in [6.45, 7) is 2.65. The number of aromatic nitrogens is 1. The zero-order valence-corrected chi connectivity index (χ0v) is 14.3. The third-order valence-corrected chi connectivity index (χ3v) is 5.06. The van der Waals surface area contributed by atoms with E-state index in [2.05, 4.69) is 0 Å². The van der Waals surface area contributed by atoms with Gasteiger partial charge in [-0.1, -0.05) is 12.1 Å². The first-order valence-corrected chi connectivity index (χ1v) is 8.99. The molecule has 0 atom stereocenters. The van der Waals surface area contributed by atoms with Crippen LogP contribution in [-0.4, -0.2) is 52.4 Å². The van der Waals surface area contributed by atoms with Crippen molar-refractivity contribution in [2.24, 2.45) is 5.92 Å². The van der Waals surface area contributed by atoms with E-state index in [4.69, 9.17) is 0 Å². The number of rotatable bonds is 4. The zero-order valence-electron chi connectivity index (χ0n) is 14.3. The van der Waals surface area contributed by atoms with Gasteiger partial charge in [-0.15, -0.1) is 0 Å². The molecule has 1 aromatic heterocycles. The van der Waals surface area contributed by atoms with Crippen LogP contribution in [0.1, 0.15) is 18.4 Å². The fourth-order valence-corrected chi connectivity index (χ4v) is 3.34. The highest BCUT2D eigenvalue weighted by Crippen LogP contribution is 2.31. The minimum absolute atomic E-state index is 0.146. The van der Waals surface area contributed by atoms with E-state index in [9.17, 15) is 9.59 Å². The molecule has 2 fully saturated rings. The molecular formula is C20H23N3O2. The molecule has 0 spiro atoms. The highest BCUT2D eigenvalue weighted by Gasteiger charge is 2.35. The summed E-state index contributed by atoms with van der Waals surface area (Å²) in [5, 5.41) is 0. The topological polar surface area (TPSA) is 45.6 Å². The maximum Gasteiger partial charge on any atom is 0.227 e. The first kappa shape index (κ1) is 15.9. The molecule has 4 rings (SSSR count). The number of nitrogens with zero attached hydrogens (tertiary/aromatic N) is 3. The van der Waals surface area contributed by atoms with Crippen LogP contribution in [0, 0.1) is 5.92 Å². The lowest BCUT2D eigenvalue weighted by atomic mass is 10.1. The van der Waals surface area contributed by atoms with E-state index in [1.807, 2.05) is 63.2 Å². The maximum absolute atomic E-state index is 12.5. The smallest absolute Gasteiger partial charge is 0.227 e. The molecule has 0 radical (unpaired) electrons. The van der Waals surface area contributed by atoms with E-state index in [0.29, 0.717) is 32.6 Å². The van der Waals surface area contributed by atoms with E-state index in [-0.39, 0.29) is 17.7 Å². The van der Waals surface area contributed by atoms with Crippen molar-refractivity contribution in [3.05, 3.63) is 54.4 Å². The normalized spacial score (nSPS) is 17.6. The van der Waals surface area contributed by atoms with Gasteiger partial charge in [-0.3, -0.25) is 9.59 Å². The largest absolute Gasteiger partial charge is 0.339 e. The lowest BCUT2D eigenvalue weighted by Crippen LogP contribution is -2.51. The van der Waals surface area contributed by atoms with Crippen LogP contribution >= 0.6 is 0 Å². The summed E-state index contributed by atoms with van der Waals surface area (Å²) in [6.07, 6.45) is 6.50. The fraction of sp³-hybridized carbons (Fsp3) is 0.400. The Labute approximate surface area is 147 Å². The first-order valence-electron chi connectivity index (χ1n) is 8.99. The first-order chi connectivity index (χ1) is 12.2. The van der Waals surface area contributed by atoms with Crippen LogP contribution in [0.25, 0.3) is 5.69 Å². The quantitative estimate of drug-likeness (QED) is 0.858. The summed E-state index contributed by atoms with van der Waals surface area (Å²) < 4.78 is 2.04. The number of benzene rings is 1. The van der Waals surface area contributed by atoms with Gasteiger partial charge < -0.3 is 14.4 Å². The Morgan fingerprint density at radius 1 is 0.880 bits per heavy atom. The standard InChI is InChI=1S/C20H23N3O2/c24-19(22-11-13-23(14-12-22)20(25)17-5-6-17)15-16-3-7-18(8-4-16)21-9-1-2-10-21/h1-4,7-10,17H,5-6,11-15H2. The molecule has 2 aromatic rings. The Morgan fingerprint density at radius 3 is 2.08 bits per heavy atom. The fourth-order valence-electron chi connectivity index (χ4n) is 3.34. The molecule has 1 saturated carbocycles. The summed E-state index contributed by atoms with van der Waals surface area (Å²) in [4.78, 5) is 28.4. The highest BCUT2D eigenvalue weighted by molar-refractivity contribution is 5.82. The molecule has 0 unspecified atom stereocenters. The number of carbonyl (C=O) groups excluding carboxylic acids is 2. The van der Waals surface area contributed by atoms with Crippen molar-refractivity contribution in [2.75, 3.05) is 26.2 Å². The Morgan fingerprint density at radius 2 is 1.48 bits per heavy atom. The molecular weight excluding hydrogens is 314 g/mol. The van der Waals surface area contributed by atoms with Gasteiger partial charge in [0.25, 0.3) is 0 Å². The van der Waals surface area contributed by atoms with Crippen molar-refractivity contribution < 1.29 is 9.59 Å². The van der Waals surface area contributed by atoms with Gasteiger partial charge in [0.2, 0.25) is 11.8 Å². The van der Waals surface area contributed by atoms with Crippen LogP contribution in [0.3, 0.4) is 0 Å². The third-order valence-electron chi connectivity index (χ3n) is 5.06. The second kappa shape index (κ2) is 6.75. The van der Waals surface area contributed by atoms with Gasteiger partial charge in [0.15, 0.2) is 0 Å². The Kier molecular flexibility index (Phi) is 4.30. The molecule has 5 heteroatoms. The van der Waals surface area contributed by atoms with Crippen LogP contribution in [0.15, 0.2) is 48.8 Å². The number of hydrogen-bond donors (Lipinski definition) is 0. The summed E-state index contributed by atoms with van der Waals surface area (Å²) in [7, 11) is 0. The van der Waals surface area contributed by atoms with Crippen molar-refractivity contribution in [3.63, 3.8) is 0 Å². The minimum atomic E-state index is 0.146.